The van der Waals surface area contributed by atoms with Crippen molar-refractivity contribution >= 4 is 0 Å². The van der Waals surface area contributed by atoms with Crippen LogP contribution in [0.3, 0.4) is 0 Å². The lowest BCUT2D eigenvalue weighted by molar-refractivity contribution is 0.441. The fourth-order valence-corrected chi connectivity index (χ4v) is 2.95. The zero-order valence-corrected chi connectivity index (χ0v) is 14.3. The van der Waals surface area contributed by atoms with Gasteiger partial charge in [0.25, 0.3) is 0 Å². The van der Waals surface area contributed by atoms with E-state index in [0.29, 0.717) is 5.92 Å². The highest BCUT2D eigenvalue weighted by molar-refractivity contribution is 5.22. The molecule has 0 saturated carbocycles. The molecule has 1 heterocycles. The molecule has 22 heavy (non-hydrogen) atoms. The molecule has 1 atom stereocenters. The molecule has 1 rings (SSSR count). The average Bonchev–Trinajstić information content (AvgIpc) is 2.78. The van der Waals surface area contributed by atoms with Gasteiger partial charge in [-0.3, -0.25) is 0 Å². The van der Waals surface area contributed by atoms with Gasteiger partial charge in [0.1, 0.15) is 0 Å². The molecule has 0 aliphatic carbocycles. The van der Waals surface area contributed by atoms with Gasteiger partial charge in [-0.2, -0.15) is 0 Å². The van der Waals surface area contributed by atoms with E-state index in [1.165, 1.54) is 57.1 Å². The molecule has 0 bridgehead atoms. The Kier molecular flexibility index (Phi) is 10.8. The molecule has 126 valence electrons. The van der Waals surface area contributed by atoms with Crippen LogP contribution in [0.1, 0.15) is 71.1 Å². The Morgan fingerprint density at radius 2 is 1.55 bits per heavy atom. The second-order valence-electron chi connectivity index (χ2n) is 6.36. The quantitative estimate of drug-likeness (QED) is 0.371. The maximum atomic E-state index is 5.58. The van der Waals surface area contributed by atoms with Crippen LogP contribution in [0.15, 0.2) is 36.2 Å². The number of rotatable bonds is 12. The van der Waals surface area contributed by atoms with Crippen LogP contribution in [-0.2, 0) is 0 Å². The van der Waals surface area contributed by atoms with Crippen molar-refractivity contribution in [1.82, 2.24) is 5.32 Å². The summed E-state index contributed by atoms with van der Waals surface area (Å²) >= 11 is 0. The fraction of sp³-hybridized carbons (Fsp3) is 0.684. The number of hydrogen-bond acceptors (Lipinski definition) is 3. The van der Waals surface area contributed by atoms with Crippen LogP contribution in [0.25, 0.3) is 0 Å². The topological polar surface area (TPSA) is 64.1 Å². The van der Waals surface area contributed by atoms with Gasteiger partial charge in [-0.15, -0.1) is 0 Å². The van der Waals surface area contributed by atoms with E-state index in [1.54, 1.807) is 0 Å². The SMILES string of the molecule is CCCCCC(CCCCCCC(N)N)C1=CC=CC=CN1. The maximum absolute atomic E-state index is 5.58. The van der Waals surface area contributed by atoms with E-state index in [1.807, 2.05) is 6.20 Å². The minimum absolute atomic E-state index is 0.138. The lowest BCUT2D eigenvalue weighted by atomic mass is 9.91. The third-order valence-corrected chi connectivity index (χ3v) is 4.28. The third kappa shape index (κ3) is 9.06. The summed E-state index contributed by atoms with van der Waals surface area (Å²) in [6.07, 6.45) is 22.9. The average molecular weight is 306 g/mol. The highest BCUT2D eigenvalue weighted by Crippen LogP contribution is 2.24. The van der Waals surface area contributed by atoms with E-state index in [2.05, 4.69) is 36.5 Å². The number of hydrogen-bond donors (Lipinski definition) is 3. The summed E-state index contributed by atoms with van der Waals surface area (Å²) in [6, 6.07) is 0. The summed E-state index contributed by atoms with van der Waals surface area (Å²) in [5, 5.41) is 3.46. The number of unbranched alkanes of at least 4 members (excludes halogenated alkanes) is 5. The van der Waals surface area contributed by atoms with Gasteiger partial charge in [-0.1, -0.05) is 64.0 Å². The van der Waals surface area contributed by atoms with E-state index >= 15 is 0 Å². The van der Waals surface area contributed by atoms with Gasteiger partial charge in [0.15, 0.2) is 0 Å². The number of allylic oxidation sites excluding steroid dienone is 5. The van der Waals surface area contributed by atoms with Crippen LogP contribution >= 0.6 is 0 Å². The zero-order chi connectivity index (χ0) is 16.0. The predicted octanol–water partition coefficient (Wildman–Crippen LogP) is 4.32. The van der Waals surface area contributed by atoms with E-state index in [0.717, 1.165) is 12.8 Å². The van der Waals surface area contributed by atoms with Crippen molar-refractivity contribution in [2.75, 3.05) is 0 Å². The van der Waals surface area contributed by atoms with Gasteiger partial charge in [0.2, 0.25) is 0 Å². The zero-order valence-electron chi connectivity index (χ0n) is 14.3. The highest BCUT2D eigenvalue weighted by Gasteiger charge is 2.13. The minimum atomic E-state index is -0.138. The van der Waals surface area contributed by atoms with Crippen molar-refractivity contribution in [2.45, 2.75) is 77.3 Å². The summed E-state index contributed by atoms with van der Waals surface area (Å²) in [4.78, 5) is 0. The van der Waals surface area contributed by atoms with Crippen molar-refractivity contribution < 1.29 is 0 Å². The highest BCUT2D eigenvalue weighted by atomic mass is 14.9. The lowest BCUT2D eigenvalue weighted by Crippen LogP contribution is -2.29. The molecule has 0 fully saturated rings. The summed E-state index contributed by atoms with van der Waals surface area (Å²) in [6.45, 7) is 2.27. The Hall–Kier alpha value is -1.06. The van der Waals surface area contributed by atoms with E-state index in [4.69, 9.17) is 11.5 Å². The second kappa shape index (κ2) is 12.5. The summed E-state index contributed by atoms with van der Waals surface area (Å²) in [7, 11) is 0. The fourth-order valence-electron chi connectivity index (χ4n) is 2.95. The van der Waals surface area contributed by atoms with Gasteiger partial charge < -0.3 is 16.8 Å². The first-order valence-corrected chi connectivity index (χ1v) is 9.05. The van der Waals surface area contributed by atoms with Crippen LogP contribution in [0.2, 0.25) is 0 Å². The summed E-state index contributed by atoms with van der Waals surface area (Å²) in [5.74, 6) is 0.663. The van der Waals surface area contributed by atoms with Crippen LogP contribution in [0, 0.1) is 5.92 Å². The van der Waals surface area contributed by atoms with Gasteiger partial charge in [-0.05, 0) is 37.3 Å². The van der Waals surface area contributed by atoms with Crippen LogP contribution < -0.4 is 16.8 Å². The molecule has 0 saturated heterocycles. The van der Waals surface area contributed by atoms with Crippen molar-refractivity contribution in [3.8, 4) is 0 Å². The standard InChI is InChI=1S/C19H35N3/c1-2-3-7-12-17(18-14-9-6-11-16-22-18)13-8-4-5-10-15-19(20)21/h6,9,11,14,16-17,19,22H,2-5,7-8,10,12-13,15,20-21H2,1H3. The minimum Gasteiger partial charge on any atom is -0.365 e. The third-order valence-electron chi connectivity index (χ3n) is 4.28. The second-order valence-corrected chi connectivity index (χ2v) is 6.36. The molecule has 1 unspecified atom stereocenters. The first kappa shape index (κ1) is 19.0. The molecule has 0 amide bonds. The first-order chi connectivity index (χ1) is 10.7. The summed E-state index contributed by atoms with van der Waals surface area (Å²) in [5.41, 5.74) is 12.5. The Morgan fingerprint density at radius 1 is 0.864 bits per heavy atom. The molecule has 0 spiro atoms. The normalized spacial score (nSPS) is 15.5. The van der Waals surface area contributed by atoms with Crippen LogP contribution in [-0.4, -0.2) is 6.17 Å². The number of nitrogens with one attached hydrogen (secondary N) is 1. The monoisotopic (exact) mass is 305 g/mol. The van der Waals surface area contributed by atoms with E-state index in [9.17, 15) is 0 Å². The molecule has 5 N–H and O–H groups in total. The molecule has 1 aliphatic heterocycles. The predicted molar refractivity (Wildman–Crippen MR) is 97.0 cm³/mol. The molecule has 0 radical (unpaired) electrons. The molecular formula is C19H35N3. The molecule has 0 aromatic heterocycles. The summed E-state index contributed by atoms with van der Waals surface area (Å²) < 4.78 is 0. The Labute approximate surface area is 136 Å². The van der Waals surface area contributed by atoms with Crippen LogP contribution in [0.5, 0.6) is 0 Å². The van der Waals surface area contributed by atoms with Gasteiger partial charge in [0.05, 0.1) is 6.17 Å². The number of nitrogens with two attached hydrogens (primary N) is 2. The van der Waals surface area contributed by atoms with Gasteiger partial charge in [0, 0.05) is 11.9 Å². The smallest absolute Gasteiger partial charge is 0.0520 e. The largest absolute Gasteiger partial charge is 0.365 e. The Morgan fingerprint density at radius 3 is 2.23 bits per heavy atom. The molecular weight excluding hydrogens is 270 g/mol. The maximum Gasteiger partial charge on any atom is 0.0520 e. The molecule has 3 heteroatoms. The van der Waals surface area contributed by atoms with Crippen molar-refractivity contribution in [2.24, 2.45) is 17.4 Å². The van der Waals surface area contributed by atoms with Crippen molar-refractivity contribution in [1.29, 1.82) is 0 Å². The Bertz CT molecular complexity index is 356. The first-order valence-electron chi connectivity index (χ1n) is 9.05. The van der Waals surface area contributed by atoms with Gasteiger partial charge >= 0.3 is 0 Å². The van der Waals surface area contributed by atoms with Crippen molar-refractivity contribution in [3.63, 3.8) is 0 Å². The van der Waals surface area contributed by atoms with Crippen LogP contribution in [0.4, 0.5) is 0 Å². The Balaban J connectivity index is 2.33. The van der Waals surface area contributed by atoms with Crippen molar-refractivity contribution in [3.05, 3.63) is 36.2 Å². The molecule has 0 aromatic carbocycles. The van der Waals surface area contributed by atoms with E-state index < -0.39 is 0 Å². The van der Waals surface area contributed by atoms with E-state index in [-0.39, 0.29) is 6.17 Å². The molecule has 0 aromatic rings. The molecule has 3 nitrogen and oxygen atoms in total. The van der Waals surface area contributed by atoms with Gasteiger partial charge in [-0.25, -0.2) is 0 Å². The molecule has 1 aliphatic rings. The lowest BCUT2D eigenvalue weighted by Gasteiger charge is -2.20.